The third kappa shape index (κ3) is 2.29. The Morgan fingerprint density at radius 3 is 2.95 bits per heavy atom. The Hall–Kier alpha value is -1.88. The average molecular weight is 302 g/mol. The van der Waals surface area contributed by atoms with E-state index < -0.39 is 0 Å². The highest BCUT2D eigenvalue weighted by Crippen LogP contribution is 2.29. The standard InChI is InChI=1S/C17H19FN2O2/c18-12-1-2-13-14-10-20(6-3-15(14)19-16(13)9-12)17(21)11-4-7-22-8-5-11/h1-2,9,11,19H,3-8,10H2. The van der Waals surface area contributed by atoms with Crippen molar-refractivity contribution >= 4 is 16.8 Å². The van der Waals surface area contributed by atoms with E-state index in [0.29, 0.717) is 19.8 Å². The fraction of sp³-hybridized carbons (Fsp3) is 0.471. The molecule has 0 atom stereocenters. The minimum absolute atomic E-state index is 0.0953. The summed E-state index contributed by atoms with van der Waals surface area (Å²) in [5.74, 6) is 0.101. The molecule has 2 aliphatic heterocycles. The molecule has 0 unspecified atom stereocenters. The van der Waals surface area contributed by atoms with Gasteiger partial charge in [-0.2, -0.15) is 0 Å². The number of carbonyl (C=O) groups is 1. The molecule has 1 aromatic heterocycles. The summed E-state index contributed by atoms with van der Waals surface area (Å²) in [5.41, 5.74) is 3.10. The fourth-order valence-corrected chi connectivity index (χ4v) is 3.59. The lowest BCUT2D eigenvalue weighted by molar-refractivity contribution is -0.139. The highest BCUT2D eigenvalue weighted by Gasteiger charge is 2.30. The molecule has 1 N–H and O–H groups in total. The fourth-order valence-electron chi connectivity index (χ4n) is 3.59. The zero-order chi connectivity index (χ0) is 15.1. The number of rotatable bonds is 1. The van der Waals surface area contributed by atoms with E-state index in [0.717, 1.165) is 48.0 Å². The number of hydrogen-bond acceptors (Lipinski definition) is 2. The van der Waals surface area contributed by atoms with E-state index in [1.165, 1.54) is 12.1 Å². The van der Waals surface area contributed by atoms with E-state index in [1.54, 1.807) is 0 Å². The molecule has 2 aromatic rings. The molecule has 22 heavy (non-hydrogen) atoms. The topological polar surface area (TPSA) is 45.3 Å². The number of aromatic nitrogens is 1. The molecule has 0 spiro atoms. The van der Waals surface area contributed by atoms with Crippen LogP contribution in [0.4, 0.5) is 4.39 Å². The van der Waals surface area contributed by atoms with Crippen LogP contribution < -0.4 is 0 Å². The molecule has 4 rings (SSSR count). The summed E-state index contributed by atoms with van der Waals surface area (Å²) in [4.78, 5) is 17.9. The highest BCUT2D eigenvalue weighted by atomic mass is 19.1. The molecule has 1 saturated heterocycles. The lowest BCUT2D eigenvalue weighted by atomic mass is 9.96. The molecule has 0 radical (unpaired) electrons. The zero-order valence-electron chi connectivity index (χ0n) is 12.4. The van der Waals surface area contributed by atoms with Crippen molar-refractivity contribution in [3.05, 3.63) is 35.3 Å². The summed E-state index contributed by atoms with van der Waals surface area (Å²) in [6, 6.07) is 4.82. The monoisotopic (exact) mass is 302 g/mol. The molecule has 4 nitrogen and oxygen atoms in total. The van der Waals surface area contributed by atoms with Crippen molar-refractivity contribution in [1.82, 2.24) is 9.88 Å². The molecule has 3 heterocycles. The molecular weight excluding hydrogens is 283 g/mol. The van der Waals surface area contributed by atoms with Crippen molar-refractivity contribution < 1.29 is 13.9 Å². The molecule has 5 heteroatoms. The Labute approximate surface area is 128 Å². The van der Waals surface area contributed by atoms with Gasteiger partial charge in [0, 0.05) is 60.8 Å². The van der Waals surface area contributed by atoms with Gasteiger partial charge in [-0.15, -0.1) is 0 Å². The number of carbonyl (C=O) groups excluding carboxylic acids is 1. The van der Waals surface area contributed by atoms with Crippen molar-refractivity contribution in [3.63, 3.8) is 0 Å². The van der Waals surface area contributed by atoms with E-state index in [1.807, 2.05) is 11.0 Å². The first-order valence-corrected chi connectivity index (χ1v) is 7.88. The van der Waals surface area contributed by atoms with Gasteiger partial charge in [0.05, 0.1) is 0 Å². The first kappa shape index (κ1) is 13.8. The number of ether oxygens (including phenoxy) is 1. The van der Waals surface area contributed by atoms with Crippen LogP contribution in [-0.2, 0) is 22.5 Å². The number of nitrogens with one attached hydrogen (secondary N) is 1. The second-order valence-electron chi connectivity index (χ2n) is 6.17. The van der Waals surface area contributed by atoms with Gasteiger partial charge in [0.1, 0.15) is 5.82 Å². The van der Waals surface area contributed by atoms with Crippen LogP contribution >= 0.6 is 0 Å². The first-order valence-electron chi connectivity index (χ1n) is 7.88. The van der Waals surface area contributed by atoms with Gasteiger partial charge in [-0.05, 0) is 31.0 Å². The predicted octanol–water partition coefficient (Wildman–Crippen LogP) is 2.62. The second-order valence-corrected chi connectivity index (χ2v) is 6.17. The van der Waals surface area contributed by atoms with Gasteiger partial charge in [0.25, 0.3) is 0 Å². The molecule has 0 aliphatic carbocycles. The van der Waals surface area contributed by atoms with Gasteiger partial charge in [0.15, 0.2) is 0 Å². The molecule has 116 valence electrons. The molecule has 0 saturated carbocycles. The number of H-pyrrole nitrogens is 1. The number of amides is 1. The third-order valence-electron chi connectivity index (χ3n) is 4.82. The van der Waals surface area contributed by atoms with Gasteiger partial charge in [0.2, 0.25) is 5.91 Å². The largest absolute Gasteiger partial charge is 0.381 e. The Morgan fingerprint density at radius 1 is 1.32 bits per heavy atom. The SMILES string of the molecule is O=C(C1CCOCC1)N1CCc2[nH]c3cc(F)ccc3c2C1. The van der Waals surface area contributed by atoms with Crippen LogP contribution in [0.3, 0.4) is 0 Å². The van der Waals surface area contributed by atoms with E-state index in [4.69, 9.17) is 4.74 Å². The van der Waals surface area contributed by atoms with E-state index in [2.05, 4.69) is 4.98 Å². The number of nitrogens with zero attached hydrogens (tertiary/aromatic N) is 1. The van der Waals surface area contributed by atoms with E-state index in [-0.39, 0.29) is 17.6 Å². The summed E-state index contributed by atoms with van der Waals surface area (Å²) in [5, 5.41) is 1.03. The number of fused-ring (bicyclic) bond motifs is 3. The van der Waals surface area contributed by atoms with Crippen LogP contribution in [0.1, 0.15) is 24.1 Å². The number of aromatic amines is 1. The summed E-state index contributed by atoms with van der Waals surface area (Å²) in [7, 11) is 0. The Bertz CT molecular complexity index is 719. The molecule has 1 amide bonds. The molecule has 0 bridgehead atoms. The lowest BCUT2D eigenvalue weighted by Crippen LogP contribution is -2.41. The summed E-state index contributed by atoms with van der Waals surface area (Å²) < 4.78 is 18.7. The average Bonchev–Trinajstić information content (AvgIpc) is 2.91. The van der Waals surface area contributed by atoms with Crippen molar-refractivity contribution in [2.75, 3.05) is 19.8 Å². The summed E-state index contributed by atoms with van der Waals surface area (Å²) >= 11 is 0. The number of hydrogen-bond donors (Lipinski definition) is 1. The summed E-state index contributed by atoms with van der Waals surface area (Å²) in [6.07, 6.45) is 2.45. The maximum absolute atomic E-state index is 13.4. The Kier molecular flexibility index (Phi) is 3.37. The normalized spacial score (nSPS) is 19.4. The molecule has 1 aromatic carbocycles. The third-order valence-corrected chi connectivity index (χ3v) is 4.82. The maximum Gasteiger partial charge on any atom is 0.226 e. The van der Waals surface area contributed by atoms with Crippen LogP contribution in [0.15, 0.2) is 18.2 Å². The van der Waals surface area contributed by atoms with E-state index in [9.17, 15) is 9.18 Å². The minimum Gasteiger partial charge on any atom is -0.381 e. The highest BCUT2D eigenvalue weighted by molar-refractivity contribution is 5.86. The molecular formula is C17H19FN2O2. The van der Waals surface area contributed by atoms with Gasteiger partial charge < -0.3 is 14.6 Å². The van der Waals surface area contributed by atoms with Gasteiger partial charge in [-0.3, -0.25) is 4.79 Å². The maximum atomic E-state index is 13.4. The van der Waals surface area contributed by atoms with Crippen molar-refractivity contribution in [3.8, 4) is 0 Å². The Balaban J connectivity index is 1.60. The summed E-state index contributed by atoms with van der Waals surface area (Å²) in [6.45, 7) is 2.72. The second kappa shape index (κ2) is 5.39. The number of halogens is 1. The van der Waals surface area contributed by atoms with Crippen LogP contribution in [-0.4, -0.2) is 35.5 Å². The van der Waals surface area contributed by atoms with Crippen LogP contribution in [0.25, 0.3) is 10.9 Å². The van der Waals surface area contributed by atoms with Crippen LogP contribution in [0.5, 0.6) is 0 Å². The first-order chi connectivity index (χ1) is 10.7. The van der Waals surface area contributed by atoms with Crippen molar-refractivity contribution in [1.29, 1.82) is 0 Å². The smallest absolute Gasteiger partial charge is 0.226 e. The minimum atomic E-state index is -0.235. The van der Waals surface area contributed by atoms with Gasteiger partial charge in [-0.25, -0.2) is 4.39 Å². The van der Waals surface area contributed by atoms with Crippen LogP contribution in [0, 0.1) is 11.7 Å². The zero-order valence-corrected chi connectivity index (χ0v) is 12.4. The quantitative estimate of drug-likeness (QED) is 0.880. The molecule has 1 fully saturated rings. The Morgan fingerprint density at radius 2 is 2.14 bits per heavy atom. The van der Waals surface area contributed by atoms with E-state index >= 15 is 0 Å². The van der Waals surface area contributed by atoms with Crippen molar-refractivity contribution in [2.45, 2.75) is 25.8 Å². The van der Waals surface area contributed by atoms with Gasteiger partial charge >= 0.3 is 0 Å². The van der Waals surface area contributed by atoms with Crippen LogP contribution in [0.2, 0.25) is 0 Å². The number of benzene rings is 1. The lowest BCUT2D eigenvalue weighted by Gasteiger charge is -2.32. The predicted molar refractivity (Wildman–Crippen MR) is 80.9 cm³/mol. The molecule has 2 aliphatic rings. The van der Waals surface area contributed by atoms with Crippen molar-refractivity contribution in [2.24, 2.45) is 5.92 Å². The van der Waals surface area contributed by atoms with Gasteiger partial charge in [-0.1, -0.05) is 0 Å².